The van der Waals surface area contributed by atoms with Crippen LogP contribution in [-0.4, -0.2) is 61.8 Å². The first-order valence-corrected chi connectivity index (χ1v) is 8.22. The molecule has 0 bridgehead atoms. The highest BCUT2D eigenvalue weighted by molar-refractivity contribution is 5.92. The van der Waals surface area contributed by atoms with Gasteiger partial charge in [0.1, 0.15) is 11.6 Å². The average Bonchev–Trinajstić information content (AvgIpc) is 2.62. The summed E-state index contributed by atoms with van der Waals surface area (Å²) >= 11 is 0. The molecule has 0 saturated heterocycles. The van der Waals surface area contributed by atoms with Crippen molar-refractivity contribution in [2.24, 2.45) is 0 Å². The molecule has 0 atom stereocenters. The van der Waals surface area contributed by atoms with E-state index in [-0.39, 0.29) is 5.91 Å². The van der Waals surface area contributed by atoms with E-state index in [0.717, 1.165) is 30.8 Å². The van der Waals surface area contributed by atoms with Gasteiger partial charge in [0.05, 0.1) is 7.11 Å². The molecule has 2 N–H and O–H groups in total. The fourth-order valence-corrected chi connectivity index (χ4v) is 2.19. The summed E-state index contributed by atoms with van der Waals surface area (Å²) in [6.45, 7) is 2.19. The molecule has 0 spiro atoms. The predicted molar refractivity (Wildman–Crippen MR) is 98.1 cm³/mol. The SMILES string of the molecule is COc1cccc(CCNC(=O)c2ccc(NCCN(C)C)nn2)c1. The number of carbonyl (C=O) groups excluding carboxylic acids is 1. The van der Waals surface area contributed by atoms with E-state index in [1.807, 2.05) is 38.4 Å². The van der Waals surface area contributed by atoms with Crippen molar-refractivity contribution >= 4 is 11.7 Å². The molecule has 7 nitrogen and oxygen atoms in total. The molecule has 25 heavy (non-hydrogen) atoms. The summed E-state index contributed by atoms with van der Waals surface area (Å²) in [4.78, 5) is 14.2. The summed E-state index contributed by atoms with van der Waals surface area (Å²) in [6, 6.07) is 11.2. The van der Waals surface area contributed by atoms with Crippen LogP contribution in [0.15, 0.2) is 36.4 Å². The maximum Gasteiger partial charge on any atom is 0.271 e. The molecule has 1 aromatic heterocycles. The molecule has 0 saturated carbocycles. The Morgan fingerprint density at radius 3 is 2.68 bits per heavy atom. The van der Waals surface area contributed by atoms with Crippen molar-refractivity contribution in [2.45, 2.75) is 6.42 Å². The number of nitrogens with zero attached hydrogens (tertiary/aromatic N) is 3. The third kappa shape index (κ3) is 6.39. The Bertz CT molecular complexity index is 673. The van der Waals surface area contributed by atoms with Crippen LogP contribution in [-0.2, 0) is 6.42 Å². The zero-order chi connectivity index (χ0) is 18.1. The van der Waals surface area contributed by atoms with Crippen LogP contribution >= 0.6 is 0 Å². The van der Waals surface area contributed by atoms with Crippen molar-refractivity contribution in [2.75, 3.05) is 46.2 Å². The molecule has 7 heteroatoms. The number of likely N-dealkylation sites (N-methyl/N-ethyl adjacent to an activating group) is 1. The van der Waals surface area contributed by atoms with Crippen LogP contribution < -0.4 is 15.4 Å². The molecule has 134 valence electrons. The van der Waals surface area contributed by atoms with Crippen molar-refractivity contribution in [3.8, 4) is 5.75 Å². The zero-order valence-electron chi connectivity index (χ0n) is 15.0. The number of rotatable bonds is 9. The highest BCUT2D eigenvalue weighted by atomic mass is 16.5. The average molecular weight is 343 g/mol. The molecule has 2 rings (SSSR count). The molecule has 0 aliphatic heterocycles. The largest absolute Gasteiger partial charge is 0.497 e. The molecule has 2 aromatic rings. The van der Waals surface area contributed by atoms with Crippen LogP contribution in [0.25, 0.3) is 0 Å². The quantitative estimate of drug-likeness (QED) is 0.717. The second-order valence-electron chi connectivity index (χ2n) is 5.89. The maximum atomic E-state index is 12.1. The van der Waals surface area contributed by atoms with Gasteiger partial charge in [-0.1, -0.05) is 12.1 Å². The van der Waals surface area contributed by atoms with Gasteiger partial charge in [0.2, 0.25) is 0 Å². The molecule has 0 aliphatic carbocycles. The van der Waals surface area contributed by atoms with Crippen LogP contribution in [0.5, 0.6) is 5.75 Å². The topological polar surface area (TPSA) is 79.4 Å². The molecule has 0 fully saturated rings. The number of hydrogen-bond acceptors (Lipinski definition) is 6. The van der Waals surface area contributed by atoms with Crippen LogP contribution in [0.4, 0.5) is 5.82 Å². The maximum absolute atomic E-state index is 12.1. The molecule has 1 heterocycles. The van der Waals surface area contributed by atoms with Crippen molar-refractivity contribution in [3.05, 3.63) is 47.7 Å². The Labute approximate surface area is 148 Å². The number of hydrogen-bond donors (Lipinski definition) is 2. The van der Waals surface area contributed by atoms with Crippen molar-refractivity contribution in [1.82, 2.24) is 20.4 Å². The molecular weight excluding hydrogens is 318 g/mol. The van der Waals surface area contributed by atoms with Crippen LogP contribution in [0.2, 0.25) is 0 Å². The van der Waals surface area contributed by atoms with Gasteiger partial charge in [-0.2, -0.15) is 0 Å². The smallest absolute Gasteiger partial charge is 0.271 e. The van der Waals surface area contributed by atoms with Gasteiger partial charge in [-0.3, -0.25) is 4.79 Å². The summed E-state index contributed by atoms with van der Waals surface area (Å²) in [6.07, 6.45) is 0.723. The van der Waals surface area contributed by atoms with Crippen LogP contribution in [0.3, 0.4) is 0 Å². The summed E-state index contributed by atoms with van der Waals surface area (Å²) in [5, 5.41) is 14.0. The second kappa shape index (κ2) is 9.58. The minimum atomic E-state index is -0.227. The van der Waals surface area contributed by atoms with Gasteiger partial charge in [-0.25, -0.2) is 0 Å². The summed E-state index contributed by atoms with van der Waals surface area (Å²) in [5.41, 5.74) is 1.41. The van der Waals surface area contributed by atoms with E-state index in [1.165, 1.54) is 0 Å². The molecule has 1 aromatic carbocycles. The van der Waals surface area contributed by atoms with E-state index < -0.39 is 0 Å². The van der Waals surface area contributed by atoms with Crippen LogP contribution in [0.1, 0.15) is 16.1 Å². The van der Waals surface area contributed by atoms with Gasteiger partial charge in [0.25, 0.3) is 5.91 Å². The predicted octanol–water partition coefficient (Wildman–Crippen LogP) is 1.43. The van der Waals surface area contributed by atoms with Crippen molar-refractivity contribution < 1.29 is 9.53 Å². The molecular formula is C18H25N5O2. The van der Waals surface area contributed by atoms with E-state index in [4.69, 9.17) is 4.74 Å². The first kappa shape index (κ1) is 18.7. The highest BCUT2D eigenvalue weighted by Gasteiger charge is 2.08. The van der Waals surface area contributed by atoms with Gasteiger partial charge in [-0.05, 0) is 50.3 Å². The third-order valence-corrected chi connectivity index (χ3v) is 3.60. The Kier molecular flexibility index (Phi) is 7.16. The van der Waals surface area contributed by atoms with Gasteiger partial charge in [0, 0.05) is 19.6 Å². The Balaban J connectivity index is 1.78. The number of amides is 1. The summed E-state index contributed by atoms with van der Waals surface area (Å²) < 4.78 is 5.19. The number of carbonyl (C=O) groups is 1. The fraction of sp³-hybridized carbons (Fsp3) is 0.389. The Hall–Kier alpha value is -2.67. The first-order chi connectivity index (χ1) is 12.1. The summed E-state index contributed by atoms with van der Waals surface area (Å²) in [7, 11) is 5.65. The number of benzene rings is 1. The summed E-state index contributed by atoms with van der Waals surface area (Å²) in [5.74, 6) is 1.25. The van der Waals surface area contributed by atoms with Crippen LogP contribution in [0, 0.1) is 0 Å². The normalized spacial score (nSPS) is 10.6. The van der Waals surface area contributed by atoms with Crippen molar-refractivity contribution in [1.29, 1.82) is 0 Å². The van der Waals surface area contributed by atoms with Gasteiger partial charge in [-0.15, -0.1) is 10.2 Å². The van der Waals surface area contributed by atoms with Crippen molar-refractivity contribution in [3.63, 3.8) is 0 Å². The van der Waals surface area contributed by atoms with E-state index in [9.17, 15) is 4.79 Å². The second-order valence-corrected chi connectivity index (χ2v) is 5.89. The molecule has 0 radical (unpaired) electrons. The Morgan fingerprint density at radius 1 is 1.16 bits per heavy atom. The molecule has 0 unspecified atom stereocenters. The van der Waals surface area contributed by atoms with E-state index in [1.54, 1.807) is 19.2 Å². The lowest BCUT2D eigenvalue weighted by Crippen LogP contribution is -2.27. The van der Waals surface area contributed by atoms with Gasteiger partial charge >= 0.3 is 0 Å². The lowest BCUT2D eigenvalue weighted by Gasteiger charge is -2.10. The number of methoxy groups -OCH3 is 1. The fourth-order valence-electron chi connectivity index (χ4n) is 2.19. The molecule has 0 aliphatic rings. The number of ether oxygens (including phenoxy) is 1. The van der Waals surface area contributed by atoms with E-state index >= 15 is 0 Å². The lowest BCUT2D eigenvalue weighted by molar-refractivity contribution is 0.0948. The minimum absolute atomic E-state index is 0.227. The van der Waals surface area contributed by atoms with Gasteiger partial charge in [0.15, 0.2) is 5.69 Å². The molecule has 1 amide bonds. The Morgan fingerprint density at radius 2 is 2.00 bits per heavy atom. The van der Waals surface area contributed by atoms with E-state index in [2.05, 4.69) is 25.7 Å². The monoisotopic (exact) mass is 343 g/mol. The lowest BCUT2D eigenvalue weighted by atomic mass is 10.1. The third-order valence-electron chi connectivity index (χ3n) is 3.60. The highest BCUT2D eigenvalue weighted by Crippen LogP contribution is 2.12. The van der Waals surface area contributed by atoms with Gasteiger partial charge < -0.3 is 20.3 Å². The first-order valence-electron chi connectivity index (χ1n) is 8.22. The number of anilines is 1. The standard InChI is InChI=1S/C18H25N5O2/c1-23(2)12-11-19-17-8-7-16(21-22-17)18(24)20-10-9-14-5-4-6-15(13-14)25-3/h4-8,13H,9-12H2,1-3H3,(H,19,22)(H,20,24). The zero-order valence-corrected chi connectivity index (χ0v) is 15.0. The number of nitrogens with one attached hydrogen (secondary N) is 2. The van der Waals surface area contributed by atoms with E-state index in [0.29, 0.717) is 18.1 Å². The number of aromatic nitrogens is 2. The minimum Gasteiger partial charge on any atom is -0.497 e.